The summed E-state index contributed by atoms with van der Waals surface area (Å²) in [6.07, 6.45) is 6.38. The molecule has 2 saturated carbocycles. The van der Waals surface area contributed by atoms with Crippen molar-refractivity contribution < 1.29 is 4.79 Å². The van der Waals surface area contributed by atoms with Crippen LogP contribution < -0.4 is 10.6 Å². The van der Waals surface area contributed by atoms with E-state index in [0.717, 1.165) is 29.1 Å². The number of rotatable bonds is 4. The van der Waals surface area contributed by atoms with E-state index in [1.807, 2.05) is 16.8 Å². The largest absolute Gasteiger partial charge is 0.351 e. The van der Waals surface area contributed by atoms with Crippen LogP contribution in [-0.4, -0.2) is 27.8 Å². The Hall–Kier alpha value is -1.85. The average Bonchev–Trinajstić information content (AvgIpc) is 3.50. The fraction of sp³-hybridized carbons (Fsp3) is 0.643. The van der Waals surface area contributed by atoms with Crippen LogP contribution in [-0.2, 0) is 10.3 Å². The van der Waals surface area contributed by atoms with E-state index in [0.29, 0.717) is 5.92 Å². The minimum Gasteiger partial charge on any atom is -0.351 e. The summed E-state index contributed by atoms with van der Waals surface area (Å²) in [4.78, 5) is 13.6. The van der Waals surface area contributed by atoms with E-state index in [4.69, 9.17) is 16.7 Å². The normalized spacial score (nSPS) is 34.5. The topological polar surface area (TPSA) is 59.0 Å². The van der Waals surface area contributed by atoms with Gasteiger partial charge in [-0.15, -0.1) is 0 Å². The third-order valence-electron chi connectivity index (χ3n) is 9.61. The Bertz CT molecular complexity index is 1070. The second kappa shape index (κ2) is 8.09. The third-order valence-corrected chi connectivity index (χ3v) is 9.86. The van der Waals surface area contributed by atoms with Gasteiger partial charge in [0.1, 0.15) is 0 Å². The highest BCUT2D eigenvalue weighted by Crippen LogP contribution is 2.65. The first-order valence-electron chi connectivity index (χ1n) is 12.8. The van der Waals surface area contributed by atoms with Crippen molar-refractivity contribution >= 4 is 17.5 Å². The van der Waals surface area contributed by atoms with Crippen LogP contribution in [0.3, 0.4) is 0 Å². The molecule has 2 heterocycles. The second-order valence-electron chi connectivity index (χ2n) is 12.6. The Morgan fingerprint density at radius 1 is 1.15 bits per heavy atom. The Balaban J connectivity index is 1.38. The molecule has 5 rings (SSSR count). The SMILES string of the molecule is CC(C)(C)n1ccc([C@H]2C[C@@H](C(=O)N[C@H]3C[C@H]4CC[C@]3(C)C4(C)C)N[C@H]2c2ccc(Cl)cc2)n1. The van der Waals surface area contributed by atoms with Crippen molar-refractivity contribution in [2.45, 2.75) is 96.8 Å². The average molecular weight is 483 g/mol. The molecular weight excluding hydrogens is 444 g/mol. The molecule has 0 radical (unpaired) electrons. The molecule has 3 aliphatic rings. The van der Waals surface area contributed by atoms with Crippen LogP contribution in [0.25, 0.3) is 0 Å². The number of hydrogen-bond donors (Lipinski definition) is 2. The van der Waals surface area contributed by atoms with Crippen molar-refractivity contribution in [3.05, 3.63) is 52.8 Å². The maximum Gasteiger partial charge on any atom is 0.237 e. The van der Waals surface area contributed by atoms with Crippen molar-refractivity contribution in [2.24, 2.45) is 16.7 Å². The first-order valence-corrected chi connectivity index (χ1v) is 13.2. The highest BCUT2D eigenvalue weighted by Gasteiger charge is 2.61. The molecule has 1 amide bonds. The molecule has 0 spiro atoms. The van der Waals surface area contributed by atoms with Crippen LogP contribution in [0.15, 0.2) is 36.5 Å². The zero-order valence-corrected chi connectivity index (χ0v) is 22.1. The predicted molar refractivity (Wildman–Crippen MR) is 137 cm³/mol. The second-order valence-corrected chi connectivity index (χ2v) is 13.1. The molecule has 1 aromatic carbocycles. The van der Waals surface area contributed by atoms with Gasteiger partial charge in [0, 0.05) is 29.2 Å². The lowest BCUT2D eigenvalue weighted by Gasteiger charge is -2.39. The highest BCUT2D eigenvalue weighted by atomic mass is 35.5. The van der Waals surface area contributed by atoms with Crippen LogP contribution in [0, 0.1) is 16.7 Å². The van der Waals surface area contributed by atoms with E-state index in [2.05, 4.69) is 76.6 Å². The number of hydrogen-bond acceptors (Lipinski definition) is 3. The molecule has 5 nitrogen and oxygen atoms in total. The van der Waals surface area contributed by atoms with Crippen molar-refractivity contribution in [3.63, 3.8) is 0 Å². The Morgan fingerprint density at radius 3 is 2.41 bits per heavy atom. The molecule has 3 fully saturated rings. The van der Waals surface area contributed by atoms with Crippen LogP contribution in [0.4, 0.5) is 0 Å². The molecule has 1 saturated heterocycles. The number of halogens is 1. The van der Waals surface area contributed by atoms with Gasteiger partial charge in [0.05, 0.1) is 17.3 Å². The number of nitrogens with one attached hydrogen (secondary N) is 2. The molecule has 0 unspecified atom stereocenters. The van der Waals surface area contributed by atoms with Crippen LogP contribution in [0.1, 0.15) is 90.4 Å². The number of aromatic nitrogens is 2. The van der Waals surface area contributed by atoms with Gasteiger partial charge < -0.3 is 5.32 Å². The summed E-state index contributed by atoms with van der Waals surface area (Å²) in [5, 5.41) is 12.8. The zero-order valence-electron chi connectivity index (χ0n) is 21.4. The lowest BCUT2D eigenvalue weighted by Crippen LogP contribution is -2.51. The molecule has 2 bridgehead atoms. The minimum atomic E-state index is -0.240. The van der Waals surface area contributed by atoms with Gasteiger partial charge in [0.15, 0.2) is 0 Å². The van der Waals surface area contributed by atoms with Crippen molar-refractivity contribution in [2.75, 3.05) is 0 Å². The summed E-state index contributed by atoms with van der Waals surface area (Å²) in [6.45, 7) is 13.6. The van der Waals surface area contributed by atoms with Gasteiger partial charge in [-0.2, -0.15) is 5.10 Å². The van der Waals surface area contributed by atoms with Crippen LogP contribution in [0.2, 0.25) is 5.02 Å². The van der Waals surface area contributed by atoms with E-state index < -0.39 is 0 Å². The van der Waals surface area contributed by atoms with Gasteiger partial charge in [0.2, 0.25) is 5.91 Å². The van der Waals surface area contributed by atoms with Gasteiger partial charge in [-0.25, -0.2) is 0 Å². The number of nitrogens with zero attached hydrogens (tertiary/aromatic N) is 2. The predicted octanol–water partition coefficient (Wildman–Crippen LogP) is 5.81. The van der Waals surface area contributed by atoms with Gasteiger partial charge in [-0.1, -0.05) is 44.5 Å². The Morgan fingerprint density at radius 2 is 1.85 bits per heavy atom. The molecule has 2 aliphatic carbocycles. The lowest BCUT2D eigenvalue weighted by atomic mass is 9.69. The summed E-state index contributed by atoms with van der Waals surface area (Å²) >= 11 is 6.17. The summed E-state index contributed by atoms with van der Waals surface area (Å²) < 4.78 is 2.02. The maximum atomic E-state index is 13.6. The van der Waals surface area contributed by atoms with Crippen LogP contribution in [0.5, 0.6) is 0 Å². The molecule has 1 aliphatic heterocycles. The number of benzene rings is 1. The monoisotopic (exact) mass is 482 g/mol. The number of carbonyl (C=O) groups is 1. The van der Waals surface area contributed by atoms with E-state index in [1.165, 1.54) is 12.8 Å². The molecule has 6 atom stereocenters. The molecular formula is C28H39ClN4O. The minimum absolute atomic E-state index is 0.0170. The summed E-state index contributed by atoms with van der Waals surface area (Å²) in [6, 6.07) is 10.1. The third kappa shape index (κ3) is 3.80. The molecule has 184 valence electrons. The van der Waals surface area contributed by atoms with E-state index >= 15 is 0 Å². The summed E-state index contributed by atoms with van der Waals surface area (Å²) in [5.41, 5.74) is 2.55. The molecule has 6 heteroatoms. The fourth-order valence-corrected chi connectivity index (χ4v) is 6.99. The van der Waals surface area contributed by atoms with Gasteiger partial charge in [-0.3, -0.25) is 14.8 Å². The van der Waals surface area contributed by atoms with Crippen molar-refractivity contribution in [1.82, 2.24) is 20.4 Å². The van der Waals surface area contributed by atoms with Gasteiger partial charge in [-0.05, 0) is 87.0 Å². The number of amides is 1. The Labute approximate surface area is 209 Å². The maximum absolute atomic E-state index is 13.6. The summed E-state index contributed by atoms with van der Waals surface area (Å²) in [7, 11) is 0. The molecule has 2 aromatic rings. The number of carbonyl (C=O) groups excluding carboxylic acids is 1. The lowest BCUT2D eigenvalue weighted by molar-refractivity contribution is -0.124. The van der Waals surface area contributed by atoms with E-state index in [9.17, 15) is 4.79 Å². The summed E-state index contributed by atoms with van der Waals surface area (Å²) in [5.74, 6) is 0.953. The molecule has 2 N–H and O–H groups in total. The Kier molecular flexibility index (Phi) is 5.68. The standard InChI is InChI=1S/C28H39ClN4O/c1-26(2,3)33-14-12-21(32-33)20-16-22(30-24(20)17-7-9-19(29)10-8-17)25(34)31-23-15-18-11-13-28(23,6)27(18,4)5/h7-10,12,14,18,20,22-24,30H,11,13,15-16H2,1-6H3,(H,31,34)/t18-,20-,22+,23+,24+,28+/m1/s1. The van der Waals surface area contributed by atoms with Crippen LogP contribution >= 0.6 is 11.6 Å². The van der Waals surface area contributed by atoms with E-state index in [-0.39, 0.29) is 46.3 Å². The highest BCUT2D eigenvalue weighted by molar-refractivity contribution is 6.30. The smallest absolute Gasteiger partial charge is 0.237 e. The first-order chi connectivity index (χ1) is 15.9. The van der Waals surface area contributed by atoms with Crippen molar-refractivity contribution in [1.29, 1.82) is 0 Å². The number of fused-ring (bicyclic) bond motifs is 2. The molecule has 1 aromatic heterocycles. The van der Waals surface area contributed by atoms with Gasteiger partial charge in [0.25, 0.3) is 0 Å². The quantitative estimate of drug-likeness (QED) is 0.578. The zero-order chi connectivity index (χ0) is 24.5. The fourth-order valence-electron chi connectivity index (χ4n) is 6.87. The van der Waals surface area contributed by atoms with E-state index in [1.54, 1.807) is 0 Å². The van der Waals surface area contributed by atoms with Crippen molar-refractivity contribution in [3.8, 4) is 0 Å². The van der Waals surface area contributed by atoms with Gasteiger partial charge >= 0.3 is 0 Å². The first kappa shape index (κ1) is 23.9. The molecule has 34 heavy (non-hydrogen) atoms.